The third-order valence-corrected chi connectivity index (χ3v) is 6.51. The normalized spacial score (nSPS) is 11.7. The molecular weight excluding hydrogens is 490 g/mol. The first-order chi connectivity index (χ1) is 19.0. The fourth-order valence-corrected chi connectivity index (χ4v) is 4.71. The first-order valence-electron chi connectivity index (χ1n) is 12.4. The van der Waals surface area contributed by atoms with Crippen molar-refractivity contribution < 1.29 is 4.79 Å². The number of carbonyl (C=O) groups is 1. The number of fused-ring (bicyclic) bond motifs is 2. The molecule has 4 aromatic heterocycles. The Morgan fingerprint density at radius 3 is 2.72 bits per heavy atom. The average molecular weight is 514 g/mol. The molecule has 190 valence electrons. The molecule has 0 fully saturated rings. The van der Waals surface area contributed by atoms with E-state index >= 15 is 0 Å². The Kier molecular flexibility index (Phi) is 5.98. The Morgan fingerprint density at radius 2 is 1.92 bits per heavy atom. The van der Waals surface area contributed by atoms with E-state index in [1.165, 1.54) is 0 Å². The van der Waals surface area contributed by atoms with Crippen LogP contribution in [-0.2, 0) is 0 Å². The highest BCUT2D eigenvalue weighted by atomic mass is 16.2. The zero-order chi connectivity index (χ0) is 26.9. The monoisotopic (exact) mass is 513 g/mol. The molecule has 4 heterocycles. The molecule has 9 heteroatoms. The molecule has 0 unspecified atom stereocenters. The summed E-state index contributed by atoms with van der Waals surface area (Å²) in [6, 6.07) is 18.1. The van der Waals surface area contributed by atoms with E-state index in [2.05, 4.69) is 37.2 Å². The molecular formula is C30H23N7O2. The van der Waals surface area contributed by atoms with Crippen molar-refractivity contribution in [3.8, 4) is 17.5 Å². The summed E-state index contributed by atoms with van der Waals surface area (Å²) >= 11 is 0. The lowest BCUT2D eigenvalue weighted by Crippen LogP contribution is -2.32. The Bertz CT molecular complexity index is 1960. The number of para-hydroxylation sites is 1. The number of rotatable bonds is 4. The molecule has 2 aromatic carbocycles. The van der Waals surface area contributed by atoms with E-state index < -0.39 is 6.04 Å². The number of aromatic amines is 1. The topological polar surface area (TPSA) is 110 Å². The van der Waals surface area contributed by atoms with Crippen molar-refractivity contribution in [2.75, 3.05) is 0 Å². The third kappa shape index (κ3) is 4.34. The van der Waals surface area contributed by atoms with Crippen molar-refractivity contribution in [2.45, 2.75) is 19.9 Å². The van der Waals surface area contributed by atoms with Crippen LogP contribution in [0.3, 0.4) is 0 Å². The molecule has 0 saturated heterocycles. The van der Waals surface area contributed by atoms with Crippen LogP contribution in [0.25, 0.3) is 22.1 Å². The van der Waals surface area contributed by atoms with E-state index in [1.54, 1.807) is 47.0 Å². The largest absolute Gasteiger partial charge is 0.344 e. The summed E-state index contributed by atoms with van der Waals surface area (Å²) in [6.07, 6.45) is 6.56. The molecule has 2 N–H and O–H groups in total. The summed E-state index contributed by atoms with van der Waals surface area (Å²) in [6.45, 7) is 3.63. The number of hydrogen-bond donors (Lipinski definition) is 2. The van der Waals surface area contributed by atoms with Gasteiger partial charge in [0.2, 0.25) is 0 Å². The van der Waals surface area contributed by atoms with Crippen molar-refractivity contribution in [3.05, 3.63) is 124 Å². The van der Waals surface area contributed by atoms with E-state index in [1.807, 2.05) is 61.5 Å². The van der Waals surface area contributed by atoms with Gasteiger partial charge in [0.1, 0.15) is 11.3 Å². The van der Waals surface area contributed by atoms with Crippen LogP contribution in [0, 0.1) is 18.8 Å². The fourth-order valence-electron chi connectivity index (χ4n) is 4.71. The van der Waals surface area contributed by atoms with Crippen LogP contribution < -0.4 is 10.9 Å². The van der Waals surface area contributed by atoms with E-state index in [-0.39, 0.29) is 11.5 Å². The summed E-state index contributed by atoms with van der Waals surface area (Å²) in [5.74, 6) is 5.82. The van der Waals surface area contributed by atoms with Gasteiger partial charge < -0.3 is 10.3 Å². The lowest BCUT2D eigenvalue weighted by atomic mass is 10.0. The first-order valence-corrected chi connectivity index (χ1v) is 12.4. The number of nitrogens with zero attached hydrogens (tertiary/aromatic N) is 5. The Morgan fingerprint density at radius 1 is 1.08 bits per heavy atom. The maximum absolute atomic E-state index is 14.1. The van der Waals surface area contributed by atoms with Gasteiger partial charge in [-0.2, -0.15) is 5.10 Å². The predicted molar refractivity (Wildman–Crippen MR) is 148 cm³/mol. The molecule has 6 aromatic rings. The second-order valence-corrected chi connectivity index (χ2v) is 9.07. The highest BCUT2D eigenvalue weighted by Crippen LogP contribution is 2.24. The molecule has 0 radical (unpaired) electrons. The van der Waals surface area contributed by atoms with Gasteiger partial charge >= 0.3 is 0 Å². The van der Waals surface area contributed by atoms with Crippen LogP contribution in [0.2, 0.25) is 0 Å². The lowest BCUT2D eigenvalue weighted by molar-refractivity contribution is 0.0939. The van der Waals surface area contributed by atoms with Gasteiger partial charge in [-0.15, -0.1) is 0 Å². The van der Waals surface area contributed by atoms with Gasteiger partial charge in [-0.25, -0.2) is 14.5 Å². The summed E-state index contributed by atoms with van der Waals surface area (Å²) in [7, 11) is 0. The Labute approximate surface area is 223 Å². The number of aryl methyl sites for hydroxylation is 1. The second kappa shape index (κ2) is 9.76. The Hall–Kier alpha value is -5.49. The number of benzene rings is 2. The van der Waals surface area contributed by atoms with Crippen LogP contribution in [0.4, 0.5) is 0 Å². The standard InChI is InChI=1S/C30H23N7O2/c1-19(34-29(38)26-20(2)35-36-15-7-14-32-28(26)36)25-16-22-9-6-8-21(12-13-23-17-31-18-33-23)27(22)30(39)37(25)24-10-4-3-5-11-24/h3-11,14-19H,1-2H3,(H,31,33)(H,34,38)/t19-/m0/s1. The van der Waals surface area contributed by atoms with Gasteiger partial charge in [-0.1, -0.05) is 36.3 Å². The molecule has 0 saturated carbocycles. The molecule has 9 nitrogen and oxygen atoms in total. The van der Waals surface area contributed by atoms with Crippen LogP contribution in [0.15, 0.2) is 90.4 Å². The summed E-state index contributed by atoms with van der Waals surface area (Å²) in [5, 5.41) is 8.69. The maximum Gasteiger partial charge on any atom is 0.264 e. The van der Waals surface area contributed by atoms with Gasteiger partial charge in [-0.3, -0.25) is 14.2 Å². The highest BCUT2D eigenvalue weighted by Gasteiger charge is 2.23. The smallest absolute Gasteiger partial charge is 0.264 e. The van der Waals surface area contributed by atoms with Gasteiger partial charge in [0, 0.05) is 29.3 Å². The van der Waals surface area contributed by atoms with Crippen molar-refractivity contribution in [2.24, 2.45) is 0 Å². The molecule has 6 rings (SSSR count). The van der Waals surface area contributed by atoms with E-state index in [0.29, 0.717) is 44.9 Å². The molecule has 0 spiro atoms. The predicted octanol–water partition coefficient (Wildman–Crippen LogP) is 3.96. The van der Waals surface area contributed by atoms with E-state index in [4.69, 9.17) is 0 Å². The zero-order valence-electron chi connectivity index (χ0n) is 21.2. The van der Waals surface area contributed by atoms with Crippen molar-refractivity contribution in [3.63, 3.8) is 0 Å². The second-order valence-electron chi connectivity index (χ2n) is 9.07. The number of hydrogen-bond acceptors (Lipinski definition) is 5. The summed E-state index contributed by atoms with van der Waals surface area (Å²) in [4.78, 5) is 38.9. The van der Waals surface area contributed by atoms with Crippen molar-refractivity contribution >= 4 is 22.3 Å². The van der Waals surface area contributed by atoms with E-state index in [9.17, 15) is 9.59 Å². The molecule has 0 aliphatic heterocycles. The fraction of sp³-hybridized carbons (Fsp3) is 0.100. The Balaban J connectivity index is 1.48. The molecule has 0 aliphatic rings. The maximum atomic E-state index is 14.1. The third-order valence-electron chi connectivity index (χ3n) is 6.51. The van der Waals surface area contributed by atoms with E-state index in [0.717, 1.165) is 5.39 Å². The highest BCUT2D eigenvalue weighted by molar-refractivity contribution is 6.01. The number of imidazole rings is 1. The number of amides is 1. The SMILES string of the molecule is Cc1nn2cccnc2c1C(=O)N[C@@H](C)c1cc2cccc(C#Cc3cnc[nH]3)c2c(=O)n1-c1ccccc1. The molecule has 1 atom stereocenters. The van der Waals surface area contributed by atoms with Gasteiger partial charge in [0.15, 0.2) is 5.65 Å². The van der Waals surface area contributed by atoms with Crippen molar-refractivity contribution in [1.29, 1.82) is 0 Å². The van der Waals surface area contributed by atoms with Crippen LogP contribution in [-0.4, -0.2) is 35.0 Å². The lowest BCUT2D eigenvalue weighted by Gasteiger charge is -2.21. The average Bonchev–Trinajstić information content (AvgIpc) is 3.59. The minimum absolute atomic E-state index is 0.224. The number of pyridine rings is 1. The van der Waals surface area contributed by atoms with Crippen LogP contribution in [0.1, 0.15) is 46.0 Å². The number of carbonyl (C=O) groups excluding carboxylic acids is 1. The van der Waals surface area contributed by atoms with Crippen LogP contribution in [0.5, 0.6) is 0 Å². The minimum atomic E-state index is -0.521. The number of nitrogens with one attached hydrogen (secondary N) is 2. The van der Waals surface area contributed by atoms with Gasteiger partial charge in [0.25, 0.3) is 11.5 Å². The first kappa shape index (κ1) is 23.9. The molecule has 1 amide bonds. The molecule has 0 bridgehead atoms. The quantitative estimate of drug-likeness (QED) is 0.347. The van der Waals surface area contributed by atoms with Gasteiger partial charge in [-0.05, 0) is 55.5 Å². The summed E-state index contributed by atoms with van der Waals surface area (Å²) in [5.41, 5.74) is 3.79. The molecule has 39 heavy (non-hydrogen) atoms. The van der Waals surface area contributed by atoms with Crippen LogP contribution >= 0.6 is 0 Å². The summed E-state index contributed by atoms with van der Waals surface area (Å²) < 4.78 is 3.21. The van der Waals surface area contributed by atoms with Gasteiger partial charge in [0.05, 0.1) is 29.6 Å². The number of aromatic nitrogens is 6. The number of H-pyrrole nitrogens is 1. The zero-order valence-corrected chi connectivity index (χ0v) is 21.2. The minimum Gasteiger partial charge on any atom is -0.344 e. The van der Waals surface area contributed by atoms with Crippen molar-refractivity contribution in [1.82, 2.24) is 34.4 Å². The molecule has 0 aliphatic carbocycles.